The molecule has 0 amide bonds. The molecule has 0 spiro atoms. The zero-order valence-corrected chi connectivity index (χ0v) is 11.0. The van der Waals surface area contributed by atoms with Crippen LogP contribution >= 0.6 is 0 Å². The highest BCUT2D eigenvalue weighted by Crippen LogP contribution is 2.05. The summed E-state index contributed by atoms with van der Waals surface area (Å²) in [5, 5.41) is 8.75. The van der Waals surface area contributed by atoms with E-state index < -0.39 is 18.0 Å². The first-order valence-corrected chi connectivity index (χ1v) is 5.64. The molecule has 0 aromatic heterocycles. The zero-order chi connectivity index (χ0) is 13.5. The number of carboxylic acids is 1. The zero-order valence-electron chi connectivity index (χ0n) is 11.0. The van der Waals surface area contributed by atoms with Gasteiger partial charge in [-0.1, -0.05) is 13.0 Å². The van der Waals surface area contributed by atoms with Gasteiger partial charge in [-0.25, -0.2) is 4.79 Å². The average Bonchev–Trinajstić information content (AvgIpc) is 2.10. The van der Waals surface area contributed by atoms with Gasteiger partial charge >= 0.3 is 11.9 Å². The van der Waals surface area contributed by atoms with E-state index in [0.717, 1.165) is 6.42 Å². The van der Waals surface area contributed by atoms with Crippen molar-refractivity contribution < 1.29 is 23.9 Å². The van der Waals surface area contributed by atoms with Gasteiger partial charge in [-0.2, -0.15) is 0 Å². The Kier molecular flexibility index (Phi) is 6.50. The van der Waals surface area contributed by atoms with Gasteiger partial charge in [0.15, 0.2) is 6.10 Å². The molecule has 0 aromatic carbocycles. The maximum atomic E-state index is 11.4. The molecule has 17 heavy (non-hydrogen) atoms. The maximum Gasteiger partial charge on any atom is 0.330 e. The molecule has 0 radical (unpaired) electrons. The number of esters is 1. The van der Waals surface area contributed by atoms with Crippen LogP contribution in [0.5, 0.6) is 0 Å². The molecule has 5 heteroatoms. The van der Waals surface area contributed by atoms with E-state index in [2.05, 4.69) is 0 Å². The molecular formula is C12H22NO4+. The molecule has 5 nitrogen and oxygen atoms in total. The first kappa shape index (κ1) is 15.6. The predicted molar refractivity (Wildman–Crippen MR) is 64.5 cm³/mol. The summed E-state index contributed by atoms with van der Waals surface area (Å²) in [4.78, 5) is 22.0. The molecule has 0 aliphatic heterocycles. The Labute approximate surface area is 102 Å². The van der Waals surface area contributed by atoms with E-state index in [9.17, 15) is 9.59 Å². The Morgan fingerprint density at radius 1 is 1.35 bits per heavy atom. The summed E-state index contributed by atoms with van der Waals surface area (Å²) in [6.07, 6.45) is 3.01. The Bertz CT molecular complexity index is 291. The van der Waals surface area contributed by atoms with Gasteiger partial charge < -0.3 is 14.3 Å². The quantitative estimate of drug-likeness (QED) is 0.413. The minimum absolute atomic E-state index is 0.165. The topological polar surface area (TPSA) is 63.6 Å². The number of carbonyl (C=O) groups is 2. The van der Waals surface area contributed by atoms with Crippen LogP contribution in [0.3, 0.4) is 0 Å². The summed E-state index contributed by atoms with van der Waals surface area (Å²) in [5.74, 6) is -1.44. The molecule has 1 atom stereocenters. The number of rotatable bonds is 7. The number of hydrogen-bond donors (Lipinski definition) is 1. The first-order valence-electron chi connectivity index (χ1n) is 5.64. The number of nitrogens with zero attached hydrogens (tertiary/aromatic N) is 1. The standard InChI is InChI=1S/C12H21NO4/c1-5-6-7-12(16)17-10(8-11(14)15)9-13(2,3)4/h6-7,10H,5,8-9H2,1-4H3/p+1/b7-6+. The Morgan fingerprint density at radius 2 is 1.94 bits per heavy atom. The van der Waals surface area contributed by atoms with E-state index >= 15 is 0 Å². The number of likely N-dealkylation sites (N-methyl/N-ethyl adjacent to an activating group) is 1. The van der Waals surface area contributed by atoms with Crippen molar-refractivity contribution in [3.8, 4) is 0 Å². The van der Waals surface area contributed by atoms with Crippen LogP contribution in [0.4, 0.5) is 0 Å². The molecule has 98 valence electrons. The summed E-state index contributed by atoms with van der Waals surface area (Å²) < 4.78 is 5.66. The summed E-state index contributed by atoms with van der Waals surface area (Å²) in [6, 6.07) is 0. The molecule has 0 saturated heterocycles. The lowest BCUT2D eigenvalue weighted by Gasteiger charge is -2.28. The molecule has 0 rings (SSSR count). The van der Waals surface area contributed by atoms with Crippen molar-refractivity contribution in [1.82, 2.24) is 0 Å². The largest absolute Gasteiger partial charge is 0.481 e. The highest BCUT2D eigenvalue weighted by Gasteiger charge is 2.23. The summed E-state index contributed by atoms with van der Waals surface area (Å²) in [6.45, 7) is 2.38. The SMILES string of the molecule is CC/C=C/C(=O)OC(CC(=O)O)C[N+](C)(C)C. The highest BCUT2D eigenvalue weighted by molar-refractivity contribution is 5.82. The molecule has 0 heterocycles. The fourth-order valence-electron chi connectivity index (χ4n) is 1.37. The third-order valence-electron chi connectivity index (χ3n) is 1.93. The van der Waals surface area contributed by atoms with Crippen molar-refractivity contribution >= 4 is 11.9 Å². The van der Waals surface area contributed by atoms with Gasteiger partial charge in [-0.3, -0.25) is 4.79 Å². The van der Waals surface area contributed by atoms with Crippen molar-refractivity contribution in [2.24, 2.45) is 0 Å². The molecule has 1 N–H and O–H groups in total. The van der Waals surface area contributed by atoms with Crippen LogP contribution in [-0.2, 0) is 14.3 Å². The summed E-state index contributed by atoms with van der Waals surface area (Å²) in [7, 11) is 5.76. The van der Waals surface area contributed by atoms with Gasteiger partial charge in [0.25, 0.3) is 0 Å². The van der Waals surface area contributed by atoms with E-state index in [1.54, 1.807) is 6.08 Å². The third-order valence-corrected chi connectivity index (χ3v) is 1.93. The second-order valence-electron chi connectivity index (χ2n) is 4.94. The van der Waals surface area contributed by atoms with Crippen molar-refractivity contribution in [1.29, 1.82) is 0 Å². The molecule has 0 fully saturated rings. The van der Waals surface area contributed by atoms with Crippen LogP contribution < -0.4 is 0 Å². The molecule has 0 aliphatic carbocycles. The number of ether oxygens (including phenoxy) is 1. The van der Waals surface area contributed by atoms with Crippen molar-refractivity contribution in [2.75, 3.05) is 27.7 Å². The van der Waals surface area contributed by atoms with E-state index in [1.807, 2.05) is 28.1 Å². The molecule has 0 bridgehead atoms. The van der Waals surface area contributed by atoms with Crippen molar-refractivity contribution in [2.45, 2.75) is 25.9 Å². The lowest BCUT2D eigenvalue weighted by Crippen LogP contribution is -2.43. The van der Waals surface area contributed by atoms with Crippen LogP contribution in [0.2, 0.25) is 0 Å². The second kappa shape index (κ2) is 7.06. The Morgan fingerprint density at radius 3 is 2.35 bits per heavy atom. The van der Waals surface area contributed by atoms with Crippen LogP contribution in [-0.4, -0.2) is 55.3 Å². The number of carboxylic acid groups (broad SMARTS) is 1. The van der Waals surface area contributed by atoms with Gasteiger partial charge in [0, 0.05) is 6.08 Å². The third kappa shape index (κ3) is 9.56. The van der Waals surface area contributed by atoms with E-state index in [4.69, 9.17) is 9.84 Å². The second-order valence-corrected chi connectivity index (χ2v) is 4.94. The number of hydrogen-bond acceptors (Lipinski definition) is 3. The minimum Gasteiger partial charge on any atom is -0.481 e. The van der Waals surface area contributed by atoms with Gasteiger partial charge in [0.2, 0.25) is 0 Å². The van der Waals surface area contributed by atoms with Gasteiger partial charge in [0.05, 0.1) is 27.6 Å². The minimum atomic E-state index is -0.962. The van der Waals surface area contributed by atoms with Crippen molar-refractivity contribution in [3.63, 3.8) is 0 Å². The fourth-order valence-corrected chi connectivity index (χ4v) is 1.37. The molecule has 0 aromatic rings. The number of allylic oxidation sites excluding steroid dienone is 1. The smallest absolute Gasteiger partial charge is 0.330 e. The summed E-state index contributed by atoms with van der Waals surface area (Å²) >= 11 is 0. The predicted octanol–water partition coefficient (Wildman–Crippen LogP) is 1.05. The van der Waals surface area contributed by atoms with Gasteiger partial charge in [-0.05, 0) is 6.42 Å². The van der Waals surface area contributed by atoms with Crippen molar-refractivity contribution in [3.05, 3.63) is 12.2 Å². The van der Waals surface area contributed by atoms with E-state index in [-0.39, 0.29) is 6.42 Å². The number of carbonyl (C=O) groups excluding carboxylic acids is 1. The fraction of sp³-hybridized carbons (Fsp3) is 0.667. The Balaban J connectivity index is 4.43. The number of quaternary nitrogens is 1. The Hall–Kier alpha value is -1.36. The van der Waals surface area contributed by atoms with E-state index in [1.165, 1.54) is 6.08 Å². The normalized spacial score (nSPS) is 13.6. The molecular weight excluding hydrogens is 222 g/mol. The summed E-state index contributed by atoms with van der Waals surface area (Å²) in [5.41, 5.74) is 0. The van der Waals surface area contributed by atoms with Crippen LogP contribution in [0.15, 0.2) is 12.2 Å². The molecule has 0 saturated carbocycles. The van der Waals surface area contributed by atoms with Crippen LogP contribution in [0, 0.1) is 0 Å². The lowest BCUT2D eigenvalue weighted by molar-refractivity contribution is -0.873. The average molecular weight is 244 g/mol. The van der Waals surface area contributed by atoms with Crippen LogP contribution in [0.1, 0.15) is 19.8 Å². The first-order chi connectivity index (χ1) is 7.74. The van der Waals surface area contributed by atoms with Crippen LogP contribution in [0.25, 0.3) is 0 Å². The molecule has 1 unspecified atom stereocenters. The van der Waals surface area contributed by atoms with Gasteiger partial charge in [0.1, 0.15) is 6.54 Å². The maximum absolute atomic E-state index is 11.4. The van der Waals surface area contributed by atoms with E-state index in [0.29, 0.717) is 11.0 Å². The van der Waals surface area contributed by atoms with Gasteiger partial charge in [-0.15, -0.1) is 0 Å². The number of aliphatic carboxylic acids is 1. The monoisotopic (exact) mass is 244 g/mol. The molecule has 0 aliphatic rings. The highest BCUT2D eigenvalue weighted by atomic mass is 16.5. The lowest BCUT2D eigenvalue weighted by atomic mass is 10.2.